The Bertz CT molecular complexity index is 572. The summed E-state index contributed by atoms with van der Waals surface area (Å²) in [4.78, 5) is 20.3. The first-order chi connectivity index (χ1) is 7.59. The Morgan fingerprint density at radius 2 is 2.19 bits per heavy atom. The smallest absolute Gasteiger partial charge is 0.267 e. The van der Waals surface area contributed by atoms with Gasteiger partial charge in [-0.1, -0.05) is 0 Å². The maximum Gasteiger partial charge on any atom is 0.267 e. The minimum atomic E-state index is -0.0175. The number of hydrogen-bond donors (Lipinski definition) is 0. The molecule has 0 saturated heterocycles. The van der Waals surface area contributed by atoms with Crippen LogP contribution in [0.2, 0.25) is 0 Å². The first kappa shape index (κ1) is 11.3. The van der Waals surface area contributed by atoms with E-state index in [-0.39, 0.29) is 5.56 Å². The van der Waals surface area contributed by atoms with Crippen LogP contribution in [0.15, 0.2) is 23.4 Å². The van der Waals surface area contributed by atoms with E-state index in [1.807, 2.05) is 47.3 Å². The van der Waals surface area contributed by atoms with Gasteiger partial charge in [0, 0.05) is 25.6 Å². The molecule has 0 unspecified atom stereocenters. The van der Waals surface area contributed by atoms with E-state index in [0.29, 0.717) is 15.9 Å². The third kappa shape index (κ3) is 2.01. The van der Waals surface area contributed by atoms with Crippen molar-refractivity contribution >= 4 is 22.6 Å². The lowest BCUT2D eigenvalue weighted by Gasteiger charge is -2.08. The van der Waals surface area contributed by atoms with Crippen LogP contribution in [0.25, 0.3) is 0 Å². The van der Waals surface area contributed by atoms with Crippen molar-refractivity contribution in [3.05, 3.63) is 44.2 Å². The molecule has 5 nitrogen and oxygen atoms in total. The highest BCUT2D eigenvalue weighted by atomic mass is 127. The number of rotatable bonds is 2. The molecule has 2 aromatic heterocycles. The number of nitrogens with zero attached hydrogens (tertiary/aromatic N) is 4. The summed E-state index contributed by atoms with van der Waals surface area (Å²) < 4.78 is 4.15. The summed E-state index contributed by atoms with van der Waals surface area (Å²) >= 11 is 1.99. The van der Waals surface area contributed by atoms with Crippen LogP contribution >= 0.6 is 22.6 Å². The Kier molecular flexibility index (Phi) is 3.08. The molecular formula is C10H11IN4O. The SMILES string of the molecule is Cc1ncc(I)c(=O)n1Cc1nccn1C. The fourth-order valence-corrected chi connectivity index (χ4v) is 1.86. The molecule has 2 rings (SSSR count). The Morgan fingerprint density at radius 1 is 1.44 bits per heavy atom. The van der Waals surface area contributed by atoms with Gasteiger partial charge in [0.1, 0.15) is 11.6 Å². The Balaban J connectivity index is 2.46. The van der Waals surface area contributed by atoms with Crippen LogP contribution in [0.5, 0.6) is 0 Å². The Labute approximate surface area is 106 Å². The molecule has 0 N–H and O–H groups in total. The van der Waals surface area contributed by atoms with Crippen molar-refractivity contribution in [2.24, 2.45) is 7.05 Å². The topological polar surface area (TPSA) is 52.7 Å². The molecule has 2 heterocycles. The van der Waals surface area contributed by atoms with Crippen LogP contribution in [-0.4, -0.2) is 19.1 Å². The highest BCUT2D eigenvalue weighted by molar-refractivity contribution is 14.1. The van der Waals surface area contributed by atoms with E-state index >= 15 is 0 Å². The molecule has 6 heteroatoms. The number of hydrogen-bond acceptors (Lipinski definition) is 3. The number of imidazole rings is 1. The predicted octanol–water partition coefficient (Wildman–Crippen LogP) is 0.938. The molecule has 0 aliphatic heterocycles. The summed E-state index contributed by atoms with van der Waals surface area (Å²) in [6.07, 6.45) is 5.17. The molecule has 0 aliphatic carbocycles. The summed E-state index contributed by atoms with van der Waals surface area (Å²) in [5, 5.41) is 0. The van der Waals surface area contributed by atoms with Crippen LogP contribution in [0.1, 0.15) is 11.6 Å². The van der Waals surface area contributed by atoms with Gasteiger partial charge in [0.25, 0.3) is 5.56 Å². The number of halogens is 1. The van der Waals surface area contributed by atoms with Crippen molar-refractivity contribution in [2.75, 3.05) is 0 Å². The molecule has 0 amide bonds. The molecule has 2 aromatic rings. The molecule has 0 aliphatic rings. The highest BCUT2D eigenvalue weighted by Crippen LogP contribution is 2.01. The van der Waals surface area contributed by atoms with Gasteiger partial charge in [-0.2, -0.15) is 0 Å². The van der Waals surface area contributed by atoms with Crippen LogP contribution in [0, 0.1) is 10.5 Å². The molecule has 0 bridgehead atoms. The zero-order valence-corrected chi connectivity index (χ0v) is 11.2. The predicted molar refractivity (Wildman–Crippen MR) is 68.3 cm³/mol. The lowest BCUT2D eigenvalue weighted by Crippen LogP contribution is -2.27. The van der Waals surface area contributed by atoms with Crippen LogP contribution in [0.4, 0.5) is 0 Å². The quantitative estimate of drug-likeness (QED) is 0.770. The summed E-state index contributed by atoms with van der Waals surface area (Å²) in [6, 6.07) is 0. The normalized spacial score (nSPS) is 10.7. The molecule has 0 aromatic carbocycles. The van der Waals surface area contributed by atoms with Crippen molar-refractivity contribution in [1.29, 1.82) is 0 Å². The molecule has 0 saturated carbocycles. The second kappa shape index (κ2) is 4.36. The number of aromatic nitrogens is 4. The fraction of sp³-hybridized carbons (Fsp3) is 0.300. The van der Waals surface area contributed by atoms with Gasteiger partial charge in [-0.25, -0.2) is 9.97 Å². The second-order valence-corrected chi connectivity index (χ2v) is 4.66. The van der Waals surface area contributed by atoms with Gasteiger partial charge in [0.05, 0.1) is 10.1 Å². The van der Waals surface area contributed by atoms with Crippen molar-refractivity contribution in [3.8, 4) is 0 Å². The molecule has 0 atom stereocenters. The maximum atomic E-state index is 11.9. The minimum absolute atomic E-state index is 0.0175. The van der Waals surface area contributed by atoms with Gasteiger partial charge in [-0.15, -0.1) is 0 Å². The third-order valence-electron chi connectivity index (χ3n) is 2.43. The Morgan fingerprint density at radius 3 is 2.81 bits per heavy atom. The van der Waals surface area contributed by atoms with Crippen molar-refractivity contribution in [2.45, 2.75) is 13.5 Å². The average molecular weight is 330 g/mol. The third-order valence-corrected chi connectivity index (χ3v) is 3.17. The van der Waals surface area contributed by atoms with E-state index in [1.54, 1.807) is 17.0 Å². The molecule has 0 fully saturated rings. The molecule has 16 heavy (non-hydrogen) atoms. The van der Waals surface area contributed by atoms with E-state index < -0.39 is 0 Å². The second-order valence-electron chi connectivity index (χ2n) is 3.50. The largest absolute Gasteiger partial charge is 0.337 e. The van der Waals surface area contributed by atoms with Gasteiger partial charge in [0.15, 0.2) is 0 Å². The van der Waals surface area contributed by atoms with E-state index in [2.05, 4.69) is 9.97 Å². The van der Waals surface area contributed by atoms with Crippen LogP contribution in [0.3, 0.4) is 0 Å². The van der Waals surface area contributed by atoms with Gasteiger partial charge < -0.3 is 4.57 Å². The summed E-state index contributed by atoms with van der Waals surface area (Å²) in [7, 11) is 1.91. The van der Waals surface area contributed by atoms with E-state index in [1.165, 1.54) is 0 Å². The zero-order valence-electron chi connectivity index (χ0n) is 9.01. The van der Waals surface area contributed by atoms with Gasteiger partial charge in [-0.05, 0) is 29.5 Å². The summed E-state index contributed by atoms with van der Waals surface area (Å²) in [5.74, 6) is 1.54. The zero-order chi connectivity index (χ0) is 11.7. The van der Waals surface area contributed by atoms with Crippen molar-refractivity contribution in [1.82, 2.24) is 19.1 Å². The molecule has 0 spiro atoms. The first-order valence-electron chi connectivity index (χ1n) is 4.77. The van der Waals surface area contributed by atoms with Crippen molar-refractivity contribution < 1.29 is 0 Å². The highest BCUT2D eigenvalue weighted by Gasteiger charge is 2.08. The van der Waals surface area contributed by atoms with Gasteiger partial charge in [0.2, 0.25) is 0 Å². The first-order valence-corrected chi connectivity index (χ1v) is 5.85. The fourth-order valence-electron chi connectivity index (χ4n) is 1.43. The lowest BCUT2D eigenvalue weighted by atomic mass is 10.5. The minimum Gasteiger partial charge on any atom is -0.337 e. The van der Waals surface area contributed by atoms with E-state index in [0.717, 1.165) is 5.82 Å². The number of aryl methyl sites for hydroxylation is 2. The lowest BCUT2D eigenvalue weighted by molar-refractivity contribution is 0.641. The maximum absolute atomic E-state index is 11.9. The molecule has 0 radical (unpaired) electrons. The summed E-state index contributed by atoms with van der Waals surface area (Å²) in [6.45, 7) is 2.28. The Hall–Kier alpha value is -1.18. The van der Waals surface area contributed by atoms with E-state index in [9.17, 15) is 4.79 Å². The van der Waals surface area contributed by atoms with Gasteiger partial charge >= 0.3 is 0 Å². The van der Waals surface area contributed by atoms with Crippen LogP contribution in [-0.2, 0) is 13.6 Å². The summed E-state index contributed by atoms with van der Waals surface area (Å²) in [5.41, 5.74) is -0.0175. The van der Waals surface area contributed by atoms with Crippen LogP contribution < -0.4 is 5.56 Å². The average Bonchev–Trinajstić information content (AvgIpc) is 2.65. The molecular weight excluding hydrogens is 319 g/mol. The van der Waals surface area contributed by atoms with Crippen molar-refractivity contribution in [3.63, 3.8) is 0 Å². The van der Waals surface area contributed by atoms with Gasteiger partial charge in [-0.3, -0.25) is 9.36 Å². The standard InChI is InChI=1S/C10H11IN4O/c1-7-13-5-8(11)10(16)15(7)6-9-12-3-4-14(9)2/h3-5H,6H2,1-2H3. The van der Waals surface area contributed by atoms with E-state index in [4.69, 9.17) is 0 Å². The molecule has 84 valence electrons. The monoisotopic (exact) mass is 330 g/mol.